The van der Waals surface area contributed by atoms with Crippen LogP contribution in [0, 0.1) is 9.39 Å². The van der Waals surface area contributed by atoms with E-state index in [9.17, 15) is 14.3 Å². The van der Waals surface area contributed by atoms with Gasteiger partial charge in [-0.2, -0.15) is 0 Å². The van der Waals surface area contributed by atoms with Crippen LogP contribution in [0.15, 0.2) is 46.3 Å². The smallest absolute Gasteiger partial charge is 0.264 e. The molecular weight excluding hydrogens is 458 g/mol. The van der Waals surface area contributed by atoms with Crippen molar-refractivity contribution in [2.45, 2.75) is 0 Å². The topological polar surface area (TPSA) is 70.9 Å². The van der Waals surface area contributed by atoms with Crippen LogP contribution in [0.2, 0.25) is 0 Å². The molecule has 1 heterocycles. The Kier molecular flexibility index (Phi) is 5.28. The highest BCUT2D eigenvalue weighted by Crippen LogP contribution is 2.35. The summed E-state index contributed by atoms with van der Waals surface area (Å²) in [7, 11) is 1.46. The lowest BCUT2D eigenvalue weighted by Gasteiger charge is -2.06. The number of carbonyl (C=O) groups excluding carboxylic acids is 1. The van der Waals surface area contributed by atoms with Crippen LogP contribution in [0.25, 0.3) is 6.08 Å². The maximum absolute atomic E-state index is 12.9. The number of carbonyl (C=O) groups is 1. The summed E-state index contributed by atoms with van der Waals surface area (Å²) in [6.07, 6.45) is 1.69. The molecular formula is C17H12FIN2O3S. The quantitative estimate of drug-likeness (QED) is 0.525. The Hall–Kier alpha value is -2.07. The highest BCUT2D eigenvalue weighted by Gasteiger charge is 2.24. The van der Waals surface area contributed by atoms with Gasteiger partial charge in [-0.05, 0) is 82.4 Å². The summed E-state index contributed by atoms with van der Waals surface area (Å²) in [6, 6.07) is 9.07. The van der Waals surface area contributed by atoms with Crippen LogP contribution in [0.3, 0.4) is 0 Å². The van der Waals surface area contributed by atoms with Crippen molar-refractivity contribution in [3.05, 3.63) is 56.3 Å². The standard InChI is InChI=1S/C17H12FIN2O3S/c1-24-13-7-9(6-12(19)15(13)22)8-14-16(23)21-17(25-14)20-11-4-2-10(18)3-5-11/h2-8,22H,1H3,(H,20,21,23)/b14-8+. The van der Waals surface area contributed by atoms with E-state index in [1.807, 2.05) is 22.6 Å². The molecule has 8 heteroatoms. The van der Waals surface area contributed by atoms with E-state index in [1.54, 1.807) is 18.2 Å². The summed E-state index contributed by atoms with van der Waals surface area (Å²) in [4.78, 5) is 16.9. The highest BCUT2D eigenvalue weighted by molar-refractivity contribution is 14.1. The van der Waals surface area contributed by atoms with Crippen molar-refractivity contribution in [3.8, 4) is 11.5 Å². The van der Waals surface area contributed by atoms with Gasteiger partial charge >= 0.3 is 0 Å². The molecule has 1 fully saturated rings. The van der Waals surface area contributed by atoms with Gasteiger partial charge in [0.05, 0.1) is 21.3 Å². The van der Waals surface area contributed by atoms with Crippen molar-refractivity contribution in [3.63, 3.8) is 0 Å². The number of amidine groups is 1. The lowest BCUT2D eigenvalue weighted by Crippen LogP contribution is -2.19. The number of aromatic hydroxyl groups is 1. The fourth-order valence-electron chi connectivity index (χ4n) is 2.10. The number of ether oxygens (including phenoxy) is 1. The minimum Gasteiger partial charge on any atom is -0.504 e. The van der Waals surface area contributed by atoms with E-state index in [0.717, 1.165) is 5.56 Å². The van der Waals surface area contributed by atoms with Gasteiger partial charge in [-0.1, -0.05) is 0 Å². The molecule has 1 amide bonds. The van der Waals surface area contributed by atoms with Crippen molar-refractivity contribution >= 4 is 57.2 Å². The van der Waals surface area contributed by atoms with E-state index in [2.05, 4.69) is 10.3 Å². The largest absolute Gasteiger partial charge is 0.504 e. The summed E-state index contributed by atoms with van der Waals surface area (Å²) < 4.78 is 18.7. The molecule has 2 aromatic carbocycles. The number of hydrogen-bond donors (Lipinski definition) is 2. The number of thioether (sulfide) groups is 1. The third-order valence-electron chi connectivity index (χ3n) is 3.28. The molecule has 0 atom stereocenters. The molecule has 1 aliphatic heterocycles. The second-order valence-corrected chi connectivity index (χ2v) is 7.20. The molecule has 2 aromatic rings. The van der Waals surface area contributed by atoms with Crippen molar-refractivity contribution in [2.24, 2.45) is 4.99 Å². The fourth-order valence-corrected chi connectivity index (χ4v) is 3.56. The number of nitrogens with zero attached hydrogens (tertiary/aromatic N) is 1. The lowest BCUT2D eigenvalue weighted by molar-refractivity contribution is -0.115. The first-order chi connectivity index (χ1) is 12.0. The molecule has 0 aromatic heterocycles. The third kappa shape index (κ3) is 4.13. The molecule has 3 rings (SSSR count). The molecule has 0 spiro atoms. The number of nitrogens with one attached hydrogen (secondary N) is 1. The Morgan fingerprint density at radius 3 is 2.72 bits per heavy atom. The van der Waals surface area contributed by atoms with Gasteiger partial charge in [0.15, 0.2) is 16.7 Å². The summed E-state index contributed by atoms with van der Waals surface area (Å²) in [5.74, 6) is -0.217. The van der Waals surface area contributed by atoms with Crippen LogP contribution in [-0.2, 0) is 4.79 Å². The Bertz CT molecular complexity index is 898. The molecule has 1 aliphatic rings. The normalized spacial score (nSPS) is 17.2. The van der Waals surface area contributed by atoms with Gasteiger partial charge in [-0.15, -0.1) is 0 Å². The van der Waals surface area contributed by atoms with Crippen molar-refractivity contribution in [2.75, 3.05) is 7.11 Å². The number of hydrogen-bond acceptors (Lipinski definition) is 5. The van der Waals surface area contributed by atoms with Gasteiger partial charge < -0.3 is 15.2 Å². The van der Waals surface area contributed by atoms with E-state index < -0.39 is 0 Å². The maximum atomic E-state index is 12.9. The number of methoxy groups -OCH3 is 1. The van der Waals surface area contributed by atoms with Gasteiger partial charge in [-0.3, -0.25) is 4.79 Å². The predicted octanol–water partition coefficient (Wildman–Crippen LogP) is 4.04. The first kappa shape index (κ1) is 17.7. The van der Waals surface area contributed by atoms with Gasteiger partial charge in [0.25, 0.3) is 5.91 Å². The molecule has 2 N–H and O–H groups in total. The van der Waals surface area contributed by atoms with Crippen LogP contribution in [0.5, 0.6) is 11.5 Å². The zero-order valence-electron chi connectivity index (χ0n) is 12.9. The molecule has 128 valence electrons. The molecule has 0 aliphatic carbocycles. The SMILES string of the molecule is COc1cc(/C=C2/SC(=Nc3ccc(F)cc3)NC2=O)cc(I)c1O. The Morgan fingerprint density at radius 2 is 2.04 bits per heavy atom. The predicted molar refractivity (Wildman–Crippen MR) is 105 cm³/mol. The van der Waals surface area contributed by atoms with Crippen LogP contribution >= 0.6 is 34.4 Å². The van der Waals surface area contributed by atoms with Crippen LogP contribution in [0.4, 0.5) is 10.1 Å². The monoisotopic (exact) mass is 470 g/mol. The zero-order valence-corrected chi connectivity index (χ0v) is 15.9. The highest BCUT2D eigenvalue weighted by atomic mass is 127. The average Bonchev–Trinajstić information content (AvgIpc) is 2.92. The van der Waals surface area contributed by atoms with Gasteiger partial charge in [0, 0.05) is 0 Å². The molecule has 0 unspecified atom stereocenters. The van der Waals surface area contributed by atoms with E-state index in [-0.39, 0.29) is 17.5 Å². The second kappa shape index (κ2) is 7.44. The van der Waals surface area contributed by atoms with E-state index in [1.165, 1.54) is 43.1 Å². The molecule has 0 radical (unpaired) electrons. The van der Waals surface area contributed by atoms with Crippen molar-refractivity contribution < 1.29 is 19.0 Å². The zero-order chi connectivity index (χ0) is 18.0. The van der Waals surface area contributed by atoms with Gasteiger partial charge in [-0.25, -0.2) is 9.38 Å². The number of rotatable bonds is 3. The lowest BCUT2D eigenvalue weighted by atomic mass is 10.2. The van der Waals surface area contributed by atoms with E-state index in [0.29, 0.717) is 25.1 Å². The van der Waals surface area contributed by atoms with Crippen molar-refractivity contribution in [1.82, 2.24) is 5.32 Å². The van der Waals surface area contributed by atoms with E-state index in [4.69, 9.17) is 4.74 Å². The first-order valence-electron chi connectivity index (χ1n) is 7.08. The molecule has 5 nitrogen and oxygen atoms in total. The summed E-state index contributed by atoms with van der Waals surface area (Å²) in [6.45, 7) is 0. The number of phenolic OH excluding ortho intramolecular Hbond substituents is 1. The summed E-state index contributed by atoms with van der Waals surface area (Å²) in [5, 5.41) is 13.0. The number of halogens is 2. The molecule has 0 bridgehead atoms. The van der Waals surface area contributed by atoms with Crippen LogP contribution in [-0.4, -0.2) is 23.3 Å². The number of aliphatic imine (C=N–C) groups is 1. The second-order valence-electron chi connectivity index (χ2n) is 5.01. The van der Waals surface area contributed by atoms with E-state index >= 15 is 0 Å². The Balaban J connectivity index is 1.86. The summed E-state index contributed by atoms with van der Waals surface area (Å²) >= 11 is 3.18. The third-order valence-corrected chi connectivity index (χ3v) is 5.01. The summed E-state index contributed by atoms with van der Waals surface area (Å²) in [5.41, 5.74) is 1.27. The number of amides is 1. The number of benzene rings is 2. The fraction of sp³-hybridized carbons (Fsp3) is 0.0588. The number of phenols is 1. The van der Waals surface area contributed by atoms with Gasteiger partial charge in [0.1, 0.15) is 5.82 Å². The molecule has 0 saturated carbocycles. The Morgan fingerprint density at radius 1 is 1.32 bits per heavy atom. The average molecular weight is 470 g/mol. The van der Waals surface area contributed by atoms with Gasteiger partial charge in [0.2, 0.25) is 0 Å². The first-order valence-corrected chi connectivity index (χ1v) is 8.97. The molecule has 1 saturated heterocycles. The van der Waals surface area contributed by atoms with Crippen molar-refractivity contribution in [1.29, 1.82) is 0 Å². The van der Waals surface area contributed by atoms with Crippen LogP contribution < -0.4 is 10.1 Å². The minimum absolute atomic E-state index is 0.0623. The minimum atomic E-state index is -0.344. The van der Waals surface area contributed by atoms with Crippen LogP contribution in [0.1, 0.15) is 5.56 Å². The maximum Gasteiger partial charge on any atom is 0.264 e. The molecule has 25 heavy (non-hydrogen) atoms. The Labute approximate surface area is 161 Å².